The van der Waals surface area contributed by atoms with Gasteiger partial charge in [-0.25, -0.2) is 17.9 Å². The predicted octanol–water partition coefficient (Wildman–Crippen LogP) is 5.52. The smallest absolute Gasteiger partial charge is 0.335 e. The Morgan fingerprint density at radius 1 is 1.07 bits per heavy atom. The van der Waals surface area contributed by atoms with Crippen LogP contribution in [0.2, 0.25) is 0 Å². The van der Waals surface area contributed by atoms with Crippen molar-refractivity contribution < 1.29 is 23.1 Å². The first-order valence-corrected chi connectivity index (χ1v) is 15.6. The van der Waals surface area contributed by atoms with E-state index in [0.717, 1.165) is 37.1 Å². The van der Waals surface area contributed by atoms with Crippen LogP contribution < -0.4 is 15.4 Å². The fraction of sp³-hybridized carbons (Fsp3) is 0.406. The van der Waals surface area contributed by atoms with E-state index in [2.05, 4.69) is 34.2 Å². The highest BCUT2D eigenvalue weighted by Gasteiger charge is 2.30. The topological polar surface area (TPSA) is 137 Å². The summed E-state index contributed by atoms with van der Waals surface area (Å²) in [5.74, 6) is -1.26. The van der Waals surface area contributed by atoms with Crippen LogP contribution in [0.4, 0.5) is 5.69 Å². The average molecular weight is 593 g/mol. The second-order valence-electron chi connectivity index (χ2n) is 12.7. The van der Waals surface area contributed by atoms with Gasteiger partial charge in [0.1, 0.15) is 0 Å². The van der Waals surface area contributed by atoms with Gasteiger partial charge in [0.05, 0.1) is 22.1 Å². The van der Waals surface area contributed by atoms with Gasteiger partial charge in [0.25, 0.3) is 15.9 Å². The number of amides is 1. The van der Waals surface area contributed by atoms with Crippen LogP contribution >= 0.6 is 0 Å². The number of carboxylic acids is 1. The summed E-state index contributed by atoms with van der Waals surface area (Å²) in [6.45, 7) is 11.3. The molecule has 2 heterocycles. The standard InChI is InChI=1S/C32H40N4O5S/c1-31(2,3)28-16-14-24(20-33-28)29(37)36-42(40,41)26-8-6-7-25(17-26)35-27(15-9-21-18-32(4,5)34-19-21)22-10-12-23(13-11-22)30(38)39/h6-8,10-14,16-17,20-21,27,34-35H,9,15,18-19H2,1-5H3,(H,36,37)(H,38,39)/t21-,27?/m0/s1. The van der Waals surface area contributed by atoms with E-state index in [1.807, 2.05) is 20.8 Å². The molecular formula is C32H40N4O5S. The maximum Gasteiger partial charge on any atom is 0.335 e. The Balaban J connectivity index is 1.51. The number of carbonyl (C=O) groups excluding carboxylic acids is 1. The Morgan fingerprint density at radius 3 is 2.33 bits per heavy atom. The molecule has 2 atom stereocenters. The van der Waals surface area contributed by atoms with E-state index in [-0.39, 0.29) is 33.0 Å². The molecule has 3 aromatic rings. The van der Waals surface area contributed by atoms with Crippen LogP contribution in [0.3, 0.4) is 0 Å². The van der Waals surface area contributed by atoms with Gasteiger partial charge in [0, 0.05) is 28.5 Å². The highest BCUT2D eigenvalue weighted by molar-refractivity contribution is 7.90. The molecule has 9 nitrogen and oxygen atoms in total. The first-order valence-electron chi connectivity index (χ1n) is 14.1. The zero-order valence-electron chi connectivity index (χ0n) is 24.8. The third kappa shape index (κ3) is 7.95. The van der Waals surface area contributed by atoms with Crippen molar-refractivity contribution in [2.24, 2.45) is 5.92 Å². The van der Waals surface area contributed by atoms with Gasteiger partial charge in [-0.3, -0.25) is 9.78 Å². The molecule has 2 aromatic carbocycles. The van der Waals surface area contributed by atoms with Gasteiger partial charge in [-0.05, 0) is 93.6 Å². The fourth-order valence-corrected chi connectivity index (χ4v) is 6.26. The molecule has 1 fully saturated rings. The number of pyridine rings is 1. The number of anilines is 1. The number of nitrogens with one attached hydrogen (secondary N) is 3. The van der Waals surface area contributed by atoms with Crippen LogP contribution in [0.25, 0.3) is 0 Å². The summed E-state index contributed by atoms with van der Waals surface area (Å²) in [5, 5.41) is 16.3. The van der Waals surface area contributed by atoms with Crippen LogP contribution in [-0.2, 0) is 15.4 Å². The lowest BCUT2D eigenvalue weighted by Gasteiger charge is -2.23. The number of hydrogen-bond donors (Lipinski definition) is 4. The van der Waals surface area contributed by atoms with E-state index in [1.165, 1.54) is 18.3 Å². The summed E-state index contributed by atoms with van der Waals surface area (Å²) in [5.41, 5.74) is 2.50. The molecule has 4 N–H and O–H groups in total. The van der Waals surface area contributed by atoms with Gasteiger partial charge in [-0.2, -0.15) is 0 Å². The Hall–Kier alpha value is -3.76. The normalized spacial score (nSPS) is 17.4. The summed E-state index contributed by atoms with van der Waals surface area (Å²) in [6.07, 6.45) is 4.13. The molecular weight excluding hydrogens is 552 g/mol. The van der Waals surface area contributed by atoms with Crippen molar-refractivity contribution in [2.75, 3.05) is 11.9 Å². The minimum Gasteiger partial charge on any atom is -0.478 e. The highest BCUT2D eigenvalue weighted by atomic mass is 32.2. The molecule has 1 saturated heterocycles. The van der Waals surface area contributed by atoms with E-state index in [4.69, 9.17) is 0 Å². The van der Waals surface area contributed by atoms with Crippen molar-refractivity contribution >= 4 is 27.6 Å². The van der Waals surface area contributed by atoms with Crippen molar-refractivity contribution in [1.29, 1.82) is 0 Å². The SMILES string of the molecule is CC1(C)C[C@H](CCC(Nc2cccc(S(=O)(=O)NC(=O)c3ccc(C(C)(C)C)nc3)c2)c2ccc(C(=O)O)cc2)CN1. The molecule has 10 heteroatoms. The number of carbonyl (C=O) groups is 2. The largest absolute Gasteiger partial charge is 0.478 e. The van der Waals surface area contributed by atoms with Crippen LogP contribution in [0.5, 0.6) is 0 Å². The number of aromatic nitrogens is 1. The number of benzene rings is 2. The summed E-state index contributed by atoms with van der Waals surface area (Å²) in [6, 6.07) is 16.2. The molecule has 1 aliphatic heterocycles. The molecule has 0 spiro atoms. The Bertz CT molecular complexity index is 1530. The third-order valence-electron chi connectivity index (χ3n) is 7.60. The zero-order valence-corrected chi connectivity index (χ0v) is 25.6. The van der Waals surface area contributed by atoms with E-state index >= 15 is 0 Å². The van der Waals surface area contributed by atoms with E-state index in [1.54, 1.807) is 48.5 Å². The van der Waals surface area contributed by atoms with Crippen molar-refractivity contribution in [3.05, 3.63) is 89.2 Å². The van der Waals surface area contributed by atoms with Crippen LogP contribution in [-0.4, -0.2) is 42.5 Å². The molecule has 1 aliphatic rings. The minimum absolute atomic E-state index is 0.0539. The Morgan fingerprint density at radius 2 is 1.76 bits per heavy atom. The first kappa shape index (κ1) is 31.2. The lowest BCUT2D eigenvalue weighted by molar-refractivity contribution is 0.0696. The van der Waals surface area contributed by atoms with Gasteiger partial charge < -0.3 is 15.7 Å². The molecule has 4 rings (SSSR count). The zero-order chi connectivity index (χ0) is 30.7. The molecule has 0 aliphatic carbocycles. The van der Waals surface area contributed by atoms with Gasteiger partial charge in [-0.15, -0.1) is 0 Å². The minimum atomic E-state index is -4.16. The average Bonchev–Trinajstić information content (AvgIpc) is 3.29. The molecule has 0 bridgehead atoms. The first-order chi connectivity index (χ1) is 19.6. The lowest BCUT2D eigenvalue weighted by atomic mass is 9.90. The summed E-state index contributed by atoms with van der Waals surface area (Å²) in [7, 11) is -4.16. The van der Waals surface area contributed by atoms with Gasteiger partial charge in [0.2, 0.25) is 0 Å². The maximum absolute atomic E-state index is 13.2. The number of nitrogens with zero attached hydrogens (tertiary/aromatic N) is 1. The van der Waals surface area contributed by atoms with Crippen LogP contribution in [0.15, 0.2) is 71.8 Å². The lowest BCUT2D eigenvalue weighted by Crippen LogP contribution is -2.31. The van der Waals surface area contributed by atoms with Crippen LogP contribution in [0.1, 0.15) is 91.9 Å². The van der Waals surface area contributed by atoms with Gasteiger partial charge in [-0.1, -0.05) is 39.0 Å². The van der Waals surface area contributed by atoms with Crippen molar-refractivity contribution in [3.63, 3.8) is 0 Å². The number of sulfonamides is 1. The third-order valence-corrected chi connectivity index (χ3v) is 8.93. The number of hydrogen-bond acceptors (Lipinski definition) is 7. The molecule has 0 radical (unpaired) electrons. The summed E-state index contributed by atoms with van der Waals surface area (Å²) < 4.78 is 28.5. The number of rotatable bonds is 10. The maximum atomic E-state index is 13.2. The van der Waals surface area contributed by atoms with Gasteiger partial charge >= 0.3 is 5.97 Å². The summed E-state index contributed by atoms with van der Waals surface area (Å²) >= 11 is 0. The summed E-state index contributed by atoms with van der Waals surface area (Å²) in [4.78, 5) is 28.4. The second kappa shape index (κ2) is 12.2. The Kier molecular flexibility index (Phi) is 9.08. The highest BCUT2D eigenvalue weighted by Crippen LogP contribution is 2.32. The van der Waals surface area contributed by atoms with E-state index in [9.17, 15) is 23.1 Å². The molecule has 42 heavy (non-hydrogen) atoms. The fourth-order valence-electron chi connectivity index (χ4n) is 5.24. The molecule has 1 amide bonds. The molecule has 0 saturated carbocycles. The monoisotopic (exact) mass is 592 g/mol. The van der Waals surface area contributed by atoms with Crippen LogP contribution in [0, 0.1) is 5.92 Å². The number of carboxylic acid groups (broad SMARTS) is 1. The molecule has 1 unspecified atom stereocenters. The Labute approximate surface area is 248 Å². The molecule has 224 valence electrons. The van der Waals surface area contributed by atoms with Crippen molar-refractivity contribution in [3.8, 4) is 0 Å². The number of aromatic carboxylic acids is 1. The van der Waals surface area contributed by atoms with Crippen molar-refractivity contribution in [2.45, 2.75) is 75.8 Å². The van der Waals surface area contributed by atoms with E-state index in [0.29, 0.717) is 11.6 Å². The van der Waals surface area contributed by atoms with E-state index < -0.39 is 21.9 Å². The predicted molar refractivity (Wildman–Crippen MR) is 163 cm³/mol. The second-order valence-corrected chi connectivity index (χ2v) is 14.4. The van der Waals surface area contributed by atoms with Gasteiger partial charge in [0.15, 0.2) is 0 Å². The quantitative estimate of drug-likeness (QED) is 0.242. The van der Waals surface area contributed by atoms with Crippen molar-refractivity contribution in [1.82, 2.24) is 15.0 Å². The molecule has 1 aromatic heterocycles.